The second-order valence-electron chi connectivity index (χ2n) is 3.09. The maximum Gasteiger partial charge on any atom is 0.341 e. The number of carbonyl (C=O) groups excluding carboxylic acids is 2. The molecule has 0 radical (unpaired) electrons. The molecule has 16 heavy (non-hydrogen) atoms. The molecule has 0 aromatic carbocycles. The van der Waals surface area contributed by atoms with E-state index in [1.807, 2.05) is 0 Å². The van der Waals surface area contributed by atoms with E-state index in [1.54, 1.807) is 31.3 Å². The summed E-state index contributed by atoms with van der Waals surface area (Å²) in [5.41, 5.74) is 0.571. The van der Waals surface area contributed by atoms with Gasteiger partial charge in [0.2, 0.25) is 0 Å². The summed E-state index contributed by atoms with van der Waals surface area (Å²) < 4.78 is 4.78. The first-order chi connectivity index (χ1) is 7.65. The molecule has 0 spiro atoms. The first-order valence-electron chi connectivity index (χ1n) is 4.96. The van der Waals surface area contributed by atoms with E-state index < -0.39 is 5.97 Å². The second kappa shape index (κ2) is 5.80. The fourth-order valence-corrected chi connectivity index (χ4v) is 1.12. The van der Waals surface area contributed by atoms with Crippen molar-refractivity contribution in [2.45, 2.75) is 13.8 Å². The minimum absolute atomic E-state index is 0.0144. The molecule has 0 saturated carbocycles. The zero-order chi connectivity index (χ0) is 12.0. The maximum absolute atomic E-state index is 11.4. The number of hydrogen-bond donors (Lipinski definition) is 0. The van der Waals surface area contributed by atoms with Gasteiger partial charge in [-0.05, 0) is 32.1 Å². The highest BCUT2D eigenvalue weighted by atomic mass is 16.5. The number of ether oxygens (including phenoxy) is 1. The SMILES string of the molecule is CCOC(=O)C(=Cc1ccccn1)C(C)=O. The van der Waals surface area contributed by atoms with Crippen LogP contribution in [0, 0.1) is 0 Å². The number of carbonyl (C=O) groups is 2. The van der Waals surface area contributed by atoms with Crippen molar-refractivity contribution in [1.29, 1.82) is 0 Å². The van der Waals surface area contributed by atoms with Crippen molar-refractivity contribution in [2.75, 3.05) is 6.61 Å². The normalized spacial score (nSPS) is 11.0. The van der Waals surface area contributed by atoms with Crippen LogP contribution in [0.5, 0.6) is 0 Å². The predicted molar refractivity (Wildman–Crippen MR) is 59.5 cm³/mol. The summed E-state index contributed by atoms with van der Waals surface area (Å²) in [4.78, 5) is 26.7. The highest BCUT2D eigenvalue weighted by Crippen LogP contribution is 2.07. The van der Waals surface area contributed by atoms with E-state index in [2.05, 4.69) is 4.98 Å². The Labute approximate surface area is 94.0 Å². The maximum atomic E-state index is 11.4. The van der Waals surface area contributed by atoms with Crippen LogP contribution in [0.1, 0.15) is 19.5 Å². The number of esters is 1. The third-order valence-corrected chi connectivity index (χ3v) is 1.85. The van der Waals surface area contributed by atoms with Crippen molar-refractivity contribution in [3.63, 3.8) is 0 Å². The molecule has 1 rings (SSSR count). The van der Waals surface area contributed by atoms with Gasteiger partial charge in [0.25, 0.3) is 0 Å². The van der Waals surface area contributed by atoms with Gasteiger partial charge in [0.15, 0.2) is 5.78 Å². The van der Waals surface area contributed by atoms with E-state index >= 15 is 0 Å². The molecule has 0 saturated heterocycles. The van der Waals surface area contributed by atoms with Crippen molar-refractivity contribution in [2.24, 2.45) is 0 Å². The Balaban J connectivity index is 2.99. The van der Waals surface area contributed by atoms with Crippen LogP contribution < -0.4 is 0 Å². The lowest BCUT2D eigenvalue weighted by molar-refractivity contribution is -0.139. The summed E-state index contributed by atoms with van der Waals surface area (Å²) in [6.07, 6.45) is 3.02. The van der Waals surface area contributed by atoms with Gasteiger partial charge in [0, 0.05) is 6.20 Å². The first-order valence-corrected chi connectivity index (χ1v) is 4.96. The Morgan fingerprint density at radius 2 is 2.19 bits per heavy atom. The molecule has 0 aliphatic rings. The molecule has 84 valence electrons. The molecule has 0 amide bonds. The van der Waals surface area contributed by atoms with Crippen LogP contribution in [0.15, 0.2) is 30.0 Å². The van der Waals surface area contributed by atoms with Gasteiger partial charge in [-0.1, -0.05) is 6.07 Å². The number of nitrogens with zero attached hydrogens (tertiary/aromatic N) is 1. The van der Waals surface area contributed by atoms with Gasteiger partial charge in [-0.25, -0.2) is 4.79 Å². The lowest BCUT2D eigenvalue weighted by Crippen LogP contribution is -2.13. The van der Waals surface area contributed by atoms with Crippen molar-refractivity contribution >= 4 is 17.8 Å². The molecular weight excluding hydrogens is 206 g/mol. The summed E-state index contributed by atoms with van der Waals surface area (Å²) in [5.74, 6) is -0.940. The molecule has 0 aliphatic carbocycles. The molecule has 1 heterocycles. The van der Waals surface area contributed by atoms with Gasteiger partial charge in [-0.15, -0.1) is 0 Å². The van der Waals surface area contributed by atoms with Crippen LogP contribution in [-0.2, 0) is 14.3 Å². The van der Waals surface area contributed by atoms with Crippen LogP contribution in [0.2, 0.25) is 0 Å². The number of rotatable bonds is 4. The molecule has 1 aromatic heterocycles. The Hall–Kier alpha value is -1.97. The van der Waals surface area contributed by atoms with Crippen LogP contribution in [0.25, 0.3) is 6.08 Å². The lowest BCUT2D eigenvalue weighted by atomic mass is 10.1. The molecule has 0 N–H and O–H groups in total. The minimum atomic E-state index is -0.611. The number of hydrogen-bond acceptors (Lipinski definition) is 4. The van der Waals surface area contributed by atoms with E-state index in [0.717, 1.165) is 0 Å². The Morgan fingerprint density at radius 3 is 2.69 bits per heavy atom. The van der Waals surface area contributed by atoms with E-state index in [-0.39, 0.29) is 18.0 Å². The average molecular weight is 219 g/mol. The smallest absolute Gasteiger partial charge is 0.341 e. The molecule has 0 bridgehead atoms. The van der Waals surface area contributed by atoms with E-state index in [1.165, 1.54) is 13.0 Å². The van der Waals surface area contributed by atoms with Crippen molar-refractivity contribution < 1.29 is 14.3 Å². The third-order valence-electron chi connectivity index (χ3n) is 1.85. The Kier molecular flexibility index (Phi) is 4.39. The van der Waals surface area contributed by atoms with Crippen LogP contribution in [0.3, 0.4) is 0 Å². The number of ketones is 1. The summed E-state index contributed by atoms with van der Waals surface area (Å²) in [7, 11) is 0. The lowest BCUT2D eigenvalue weighted by Gasteiger charge is -2.02. The summed E-state index contributed by atoms with van der Waals surface area (Å²) in [5, 5.41) is 0. The highest BCUT2D eigenvalue weighted by molar-refractivity contribution is 6.19. The number of pyridine rings is 1. The Bertz CT molecular complexity index is 410. The topological polar surface area (TPSA) is 56.3 Å². The molecule has 0 aliphatic heterocycles. The van der Waals surface area contributed by atoms with Gasteiger partial charge >= 0.3 is 5.97 Å². The monoisotopic (exact) mass is 219 g/mol. The quantitative estimate of drug-likeness (QED) is 0.334. The van der Waals surface area contributed by atoms with Gasteiger partial charge in [-0.2, -0.15) is 0 Å². The first kappa shape index (κ1) is 12.1. The van der Waals surface area contributed by atoms with Crippen molar-refractivity contribution in [1.82, 2.24) is 4.98 Å². The number of Topliss-reactive ketones (excluding diaryl/α,β-unsaturated/α-hetero) is 1. The van der Waals surface area contributed by atoms with Gasteiger partial charge in [-0.3, -0.25) is 9.78 Å². The standard InChI is InChI=1S/C12H13NO3/c1-3-16-12(15)11(9(2)14)8-10-6-4-5-7-13-10/h4-8H,3H2,1-2H3. The zero-order valence-electron chi connectivity index (χ0n) is 9.27. The zero-order valence-corrected chi connectivity index (χ0v) is 9.27. The molecule has 4 nitrogen and oxygen atoms in total. The van der Waals surface area contributed by atoms with Gasteiger partial charge < -0.3 is 4.74 Å². The largest absolute Gasteiger partial charge is 0.462 e. The molecule has 1 aromatic rings. The van der Waals surface area contributed by atoms with Crippen LogP contribution in [0.4, 0.5) is 0 Å². The van der Waals surface area contributed by atoms with Crippen LogP contribution >= 0.6 is 0 Å². The van der Waals surface area contributed by atoms with Gasteiger partial charge in [0.1, 0.15) is 5.57 Å². The molecule has 4 heteroatoms. The van der Waals surface area contributed by atoms with Crippen molar-refractivity contribution in [3.8, 4) is 0 Å². The van der Waals surface area contributed by atoms with Crippen LogP contribution in [-0.4, -0.2) is 23.3 Å². The predicted octanol–water partition coefficient (Wildman–Crippen LogP) is 1.62. The second-order valence-corrected chi connectivity index (χ2v) is 3.09. The summed E-state index contributed by atoms with van der Waals surface area (Å²) >= 11 is 0. The highest BCUT2D eigenvalue weighted by Gasteiger charge is 2.15. The van der Waals surface area contributed by atoms with E-state index in [9.17, 15) is 9.59 Å². The third kappa shape index (κ3) is 3.31. The molecule has 0 fully saturated rings. The fraction of sp³-hybridized carbons (Fsp3) is 0.250. The average Bonchev–Trinajstić information content (AvgIpc) is 2.27. The number of aromatic nitrogens is 1. The van der Waals surface area contributed by atoms with E-state index in [4.69, 9.17) is 4.74 Å². The van der Waals surface area contributed by atoms with Gasteiger partial charge in [0.05, 0.1) is 12.3 Å². The summed E-state index contributed by atoms with van der Waals surface area (Å²) in [6, 6.07) is 5.25. The molecule has 0 unspecified atom stereocenters. The Morgan fingerprint density at radius 1 is 1.44 bits per heavy atom. The fourth-order valence-electron chi connectivity index (χ4n) is 1.12. The molecular formula is C12H13NO3. The van der Waals surface area contributed by atoms with Crippen molar-refractivity contribution in [3.05, 3.63) is 35.7 Å². The minimum Gasteiger partial charge on any atom is -0.462 e. The summed E-state index contributed by atoms with van der Waals surface area (Å²) in [6.45, 7) is 3.26. The molecule has 0 atom stereocenters. The van der Waals surface area contributed by atoms with E-state index in [0.29, 0.717) is 5.69 Å².